The maximum absolute atomic E-state index is 14.7. The van der Waals surface area contributed by atoms with Gasteiger partial charge in [0.15, 0.2) is 11.5 Å². The van der Waals surface area contributed by atoms with E-state index in [1.54, 1.807) is 36.4 Å². The highest BCUT2D eigenvalue weighted by Crippen LogP contribution is 2.33. The number of anilines is 1. The smallest absolute Gasteiger partial charge is 0.264 e. The normalized spacial score (nSPS) is 11.9. The van der Waals surface area contributed by atoms with Crippen LogP contribution < -0.4 is 19.1 Å². The van der Waals surface area contributed by atoms with Gasteiger partial charge in [0.2, 0.25) is 11.8 Å². The van der Waals surface area contributed by atoms with Crippen LogP contribution in [0.3, 0.4) is 0 Å². The molecule has 0 aliphatic rings. The minimum atomic E-state index is -4.35. The van der Waals surface area contributed by atoms with E-state index in [1.165, 1.54) is 37.3 Å². The number of carbonyl (C=O) groups excluding carboxylic acids is 2. The molecule has 11 heteroatoms. The number of methoxy groups -OCH3 is 2. The van der Waals surface area contributed by atoms with Crippen LogP contribution in [-0.4, -0.2) is 58.0 Å². The number of hydrogen-bond acceptors (Lipinski definition) is 6. The molecule has 9 nitrogen and oxygen atoms in total. The van der Waals surface area contributed by atoms with Crippen molar-refractivity contribution in [1.29, 1.82) is 0 Å². The molecule has 0 radical (unpaired) electrons. The zero-order valence-corrected chi connectivity index (χ0v) is 29.6. The van der Waals surface area contributed by atoms with Crippen LogP contribution in [0.25, 0.3) is 0 Å². The summed E-state index contributed by atoms with van der Waals surface area (Å²) in [5.41, 5.74) is 3.39. The maximum Gasteiger partial charge on any atom is 0.264 e. The summed E-state index contributed by atoms with van der Waals surface area (Å²) in [6.45, 7) is 6.78. The van der Waals surface area contributed by atoms with E-state index < -0.39 is 28.5 Å². The fourth-order valence-corrected chi connectivity index (χ4v) is 7.08. The minimum Gasteiger partial charge on any atom is -0.493 e. The van der Waals surface area contributed by atoms with Crippen molar-refractivity contribution < 1.29 is 27.5 Å². The van der Waals surface area contributed by atoms with Crippen LogP contribution in [0.4, 0.5) is 5.69 Å². The van der Waals surface area contributed by atoms with Gasteiger partial charge in [-0.3, -0.25) is 13.9 Å². The van der Waals surface area contributed by atoms with Gasteiger partial charge in [0.25, 0.3) is 10.0 Å². The van der Waals surface area contributed by atoms with E-state index in [-0.39, 0.29) is 35.6 Å². The van der Waals surface area contributed by atoms with Gasteiger partial charge < -0.3 is 19.7 Å². The van der Waals surface area contributed by atoms with Crippen LogP contribution in [0, 0.1) is 13.8 Å². The van der Waals surface area contributed by atoms with Gasteiger partial charge in [-0.1, -0.05) is 66.2 Å². The Morgan fingerprint density at radius 1 is 0.833 bits per heavy atom. The molecule has 1 atom stereocenters. The van der Waals surface area contributed by atoms with Crippen LogP contribution in [0.5, 0.6) is 11.5 Å². The molecule has 4 aromatic carbocycles. The number of nitrogens with one attached hydrogen (secondary N) is 1. The predicted molar refractivity (Wildman–Crippen MR) is 189 cm³/mol. The third kappa shape index (κ3) is 8.87. The van der Waals surface area contributed by atoms with Crippen molar-refractivity contribution in [2.45, 2.75) is 57.6 Å². The average molecular weight is 692 g/mol. The number of ether oxygens (including phenoxy) is 2. The molecule has 0 saturated heterocycles. The summed E-state index contributed by atoms with van der Waals surface area (Å²) in [6.07, 6.45) is 0.196. The van der Waals surface area contributed by atoms with Gasteiger partial charge in [0.1, 0.15) is 12.6 Å². The monoisotopic (exact) mass is 691 g/mol. The third-order valence-corrected chi connectivity index (χ3v) is 9.86. The van der Waals surface area contributed by atoms with Gasteiger partial charge in [-0.25, -0.2) is 8.42 Å². The second-order valence-electron chi connectivity index (χ2n) is 11.9. The molecule has 1 N–H and O–H groups in total. The quantitative estimate of drug-likeness (QED) is 0.166. The molecular weight excluding hydrogens is 650 g/mol. The van der Waals surface area contributed by atoms with E-state index in [0.29, 0.717) is 22.0 Å². The number of nitrogens with zero attached hydrogens (tertiary/aromatic N) is 2. The van der Waals surface area contributed by atoms with Crippen molar-refractivity contribution in [1.82, 2.24) is 10.2 Å². The molecule has 0 unspecified atom stereocenters. The number of benzene rings is 4. The van der Waals surface area contributed by atoms with Crippen LogP contribution >= 0.6 is 11.6 Å². The lowest BCUT2D eigenvalue weighted by molar-refractivity contribution is -0.140. The molecule has 4 rings (SSSR count). The SMILES string of the molecule is COc1ccc(S(=O)(=O)N(CC(=O)N(Cc2ccccc2Cl)[C@@H](Cc2ccccc2)C(=O)NC(C)C)c2cc(C)cc(C)c2)cc1OC. The second-order valence-corrected chi connectivity index (χ2v) is 14.1. The van der Waals surface area contributed by atoms with Crippen molar-refractivity contribution in [3.8, 4) is 11.5 Å². The van der Waals surface area contributed by atoms with E-state index in [0.717, 1.165) is 21.0 Å². The van der Waals surface area contributed by atoms with Crippen LogP contribution in [-0.2, 0) is 32.6 Å². The number of carbonyl (C=O) groups is 2. The topological polar surface area (TPSA) is 105 Å². The molecule has 0 aliphatic carbocycles. The number of hydrogen-bond donors (Lipinski definition) is 1. The number of halogens is 1. The van der Waals surface area contributed by atoms with Crippen molar-refractivity contribution in [3.63, 3.8) is 0 Å². The predicted octanol–water partition coefficient (Wildman–Crippen LogP) is 6.33. The third-order valence-electron chi connectivity index (χ3n) is 7.72. The molecule has 0 aromatic heterocycles. The van der Waals surface area contributed by atoms with Crippen molar-refractivity contribution in [2.24, 2.45) is 0 Å². The summed E-state index contributed by atoms with van der Waals surface area (Å²) in [5, 5.41) is 3.37. The highest BCUT2D eigenvalue weighted by molar-refractivity contribution is 7.92. The Labute approximate surface area is 288 Å². The van der Waals surface area contributed by atoms with Gasteiger partial charge in [0, 0.05) is 30.1 Å². The zero-order valence-electron chi connectivity index (χ0n) is 28.1. The fourth-order valence-electron chi connectivity index (χ4n) is 5.47. The molecule has 0 heterocycles. The van der Waals surface area contributed by atoms with Gasteiger partial charge in [-0.2, -0.15) is 0 Å². The Kier molecular flexibility index (Phi) is 12.1. The highest BCUT2D eigenvalue weighted by atomic mass is 35.5. The van der Waals surface area contributed by atoms with E-state index in [9.17, 15) is 18.0 Å². The van der Waals surface area contributed by atoms with Crippen LogP contribution in [0.1, 0.15) is 36.1 Å². The van der Waals surface area contributed by atoms with Crippen molar-refractivity contribution in [2.75, 3.05) is 25.1 Å². The number of rotatable bonds is 14. The summed E-state index contributed by atoms with van der Waals surface area (Å²) < 4.78 is 40.8. The molecule has 48 heavy (non-hydrogen) atoms. The van der Waals surface area contributed by atoms with E-state index in [4.69, 9.17) is 21.1 Å². The summed E-state index contributed by atoms with van der Waals surface area (Å²) in [6, 6.07) is 24.9. The Balaban J connectivity index is 1.86. The first-order valence-electron chi connectivity index (χ1n) is 15.5. The zero-order chi connectivity index (χ0) is 35.0. The highest BCUT2D eigenvalue weighted by Gasteiger charge is 2.35. The lowest BCUT2D eigenvalue weighted by Crippen LogP contribution is -2.54. The molecule has 254 valence electrons. The standard InChI is InChI=1S/C37H42ClN3O6S/c1-25(2)39-37(43)33(21-28-12-8-7-9-13-28)40(23-29-14-10-11-15-32(29)38)36(42)24-41(30-19-26(3)18-27(4)20-30)48(44,45)31-16-17-34(46-5)35(22-31)47-6/h7-20,22,25,33H,21,23-24H2,1-6H3,(H,39,43)/t33-/m0/s1. The first-order chi connectivity index (χ1) is 22.8. The number of aryl methyl sites for hydroxylation is 2. The Bertz CT molecular complexity index is 1830. The Morgan fingerprint density at radius 2 is 1.46 bits per heavy atom. The van der Waals surface area contributed by atoms with Gasteiger partial charge in [-0.05, 0) is 80.3 Å². The molecule has 4 aromatic rings. The van der Waals surface area contributed by atoms with Gasteiger partial charge in [0.05, 0.1) is 24.8 Å². The molecule has 0 saturated carbocycles. The first-order valence-corrected chi connectivity index (χ1v) is 17.4. The van der Waals surface area contributed by atoms with Gasteiger partial charge in [-0.15, -0.1) is 0 Å². The second kappa shape index (κ2) is 16.0. The molecule has 0 fully saturated rings. The first kappa shape index (κ1) is 36.3. The van der Waals surface area contributed by atoms with Crippen molar-refractivity contribution >= 4 is 39.1 Å². The lowest BCUT2D eigenvalue weighted by Gasteiger charge is -2.34. The summed E-state index contributed by atoms with van der Waals surface area (Å²) in [7, 11) is -1.48. The maximum atomic E-state index is 14.7. The molecule has 0 bridgehead atoms. The summed E-state index contributed by atoms with van der Waals surface area (Å²) in [5.74, 6) is -0.372. The molecule has 0 aliphatic heterocycles. The van der Waals surface area contributed by atoms with Crippen molar-refractivity contribution in [3.05, 3.63) is 118 Å². The lowest BCUT2D eigenvalue weighted by atomic mass is 10.0. The van der Waals surface area contributed by atoms with E-state index >= 15 is 0 Å². The Morgan fingerprint density at radius 3 is 2.06 bits per heavy atom. The van der Waals surface area contributed by atoms with Crippen LogP contribution in [0.15, 0.2) is 95.9 Å². The summed E-state index contributed by atoms with van der Waals surface area (Å²) >= 11 is 6.58. The molecular formula is C37H42ClN3O6S. The molecule has 2 amide bonds. The van der Waals surface area contributed by atoms with E-state index in [2.05, 4.69) is 5.32 Å². The summed E-state index contributed by atoms with van der Waals surface area (Å²) in [4.78, 5) is 29.9. The van der Waals surface area contributed by atoms with E-state index in [1.807, 2.05) is 64.1 Å². The van der Waals surface area contributed by atoms with Gasteiger partial charge >= 0.3 is 0 Å². The largest absolute Gasteiger partial charge is 0.493 e. The number of sulfonamides is 1. The van der Waals surface area contributed by atoms with Crippen LogP contribution in [0.2, 0.25) is 5.02 Å². The fraction of sp³-hybridized carbons (Fsp3) is 0.297. The Hall–Kier alpha value is -4.54. The number of amides is 2. The minimum absolute atomic E-state index is 0.0292. The average Bonchev–Trinajstić information content (AvgIpc) is 3.05. The molecule has 0 spiro atoms.